The van der Waals surface area contributed by atoms with Gasteiger partial charge in [-0.1, -0.05) is 33.3 Å². The van der Waals surface area contributed by atoms with Crippen molar-refractivity contribution in [1.82, 2.24) is 9.55 Å². The Hall–Kier alpha value is -3.22. The summed E-state index contributed by atoms with van der Waals surface area (Å²) in [6.45, 7) is 3.58. The molecule has 0 saturated carbocycles. The summed E-state index contributed by atoms with van der Waals surface area (Å²) >= 11 is 5.97. The third-order valence-electron chi connectivity index (χ3n) is 5.33. The van der Waals surface area contributed by atoms with E-state index >= 15 is 0 Å². The first-order valence-corrected chi connectivity index (χ1v) is 12.1. The van der Waals surface area contributed by atoms with Gasteiger partial charge in [-0.15, -0.1) is 0 Å². The fraction of sp³-hybridized carbons (Fsp3) is 0.360. The zero-order valence-electron chi connectivity index (χ0n) is 21.3. The van der Waals surface area contributed by atoms with Crippen LogP contribution in [0, 0.1) is 11.3 Å². The molecular formula is C25H26ClF4N4O3P. The van der Waals surface area contributed by atoms with Crippen LogP contribution in [0.15, 0.2) is 57.1 Å². The average molecular weight is 573 g/mol. The van der Waals surface area contributed by atoms with Crippen LogP contribution in [-0.4, -0.2) is 35.5 Å². The molecule has 0 spiro atoms. The molecule has 1 aromatic heterocycles. The van der Waals surface area contributed by atoms with Gasteiger partial charge in [0.2, 0.25) is 11.6 Å². The summed E-state index contributed by atoms with van der Waals surface area (Å²) in [4.78, 5) is 21.0. The molecule has 0 N–H and O–H groups in total. The number of ether oxygens (including phenoxy) is 2. The van der Waals surface area contributed by atoms with E-state index < -0.39 is 35.1 Å². The van der Waals surface area contributed by atoms with Gasteiger partial charge in [0, 0.05) is 30.1 Å². The Morgan fingerprint density at radius 2 is 1.97 bits per heavy atom. The molecule has 0 fully saturated rings. The van der Waals surface area contributed by atoms with Crippen molar-refractivity contribution in [2.24, 2.45) is 4.99 Å². The molecule has 7 nitrogen and oxygen atoms in total. The monoisotopic (exact) mass is 572 g/mol. The fourth-order valence-electron chi connectivity index (χ4n) is 3.43. The van der Waals surface area contributed by atoms with Gasteiger partial charge in [0.25, 0.3) is 11.5 Å². The van der Waals surface area contributed by atoms with Crippen LogP contribution >= 0.6 is 20.8 Å². The second-order valence-electron chi connectivity index (χ2n) is 8.21. The minimum Gasteiger partial charge on any atom is -0.481 e. The van der Waals surface area contributed by atoms with E-state index in [9.17, 15) is 22.4 Å². The first-order valence-electron chi connectivity index (χ1n) is 11.1. The third-order valence-corrected chi connectivity index (χ3v) is 5.82. The molecule has 1 unspecified atom stereocenters. The van der Waals surface area contributed by atoms with Crippen molar-refractivity contribution >= 4 is 26.7 Å². The summed E-state index contributed by atoms with van der Waals surface area (Å²) < 4.78 is 69.2. The molecule has 38 heavy (non-hydrogen) atoms. The molecule has 13 heteroatoms. The van der Waals surface area contributed by atoms with Crippen LogP contribution in [0.1, 0.15) is 38.4 Å². The van der Waals surface area contributed by atoms with Crippen molar-refractivity contribution in [3.8, 4) is 17.6 Å². The molecule has 0 radical (unpaired) electrons. The summed E-state index contributed by atoms with van der Waals surface area (Å²) in [5, 5.41) is 9.24. The Morgan fingerprint density at radius 3 is 2.47 bits per heavy atom. The maximum Gasteiger partial charge on any atom is 0.304 e. The Morgan fingerprint density at radius 1 is 1.32 bits per heavy atom. The lowest BCUT2D eigenvalue weighted by molar-refractivity contribution is 0.0660. The van der Waals surface area contributed by atoms with E-state index in [2.05, 4.69) is 9.98 Å². The Kier molecular flexibility index (Phi) is 10.2. The number of hydrogen-bond donors (Lipinski definition) is 0. The van der Waals surface area contributed by atoms with Crippen molar-refractivity contribution in [2.45, 2.75) is 45.3 Å². The van der Waals surface area contributed by atoms with E-state index in [-0.39, 0.29) is 33.4 Å². The highest BCUT2D eigenvalue weighted by atomic mass is 35.5. The van der Waals surface area contributed by atoms with Gasteiger partial charge in [-0.25, -0.2) is 13.8 Å². The van der Waals surface area contributed by atoms with Crippen LogP contribution in [-0.2, 0) is 16.9 Å². The van der Waals surface area contributed by atoms with Gasteiger partial charge in [-0.05, 0) is 37.6 Å². The number of alkyl halides is 4. The zero-order valence-corrected chi connectivity index (χ0v) is 23.2. The molecule has 0 amide bonds. The largest absolute Gasteiger partial charge is 0.481 e. The number of aromatic nitrogens is 2. The van der Waals surface area contributed by atoms with Crippen LogP contribution in [0.5, 0.6) is 11.5 Å². The number of aliphatic imine (C=N–C) groups is 1. The number of hydrogen-bond acceptors (Lipinski definition) is 6. The maximum absolute atomic E-state index is 14.5. The predicted octanol–water partition coefficient (Wildman–Crippen LogP) is 6.47. The number of halogens is 5. The van der Waals surface area contributed by atoms with Crippen molar-refractivity contribution in [3.05, 3.63) is 74.0 Å². The summed E-state index contributed by atoms with van der Waals surface area (Å²) in [6, 6.07) is 5.61. The maximum atomic E-state index is 14.5. The van der Waals surface area contributed by atoms with Crippen LogP contribution in [0.2, 0.25) is 5.02 Å². The second-order valence-corrected chi connectivity index (χ2v) is 9.37. The van der Waals surface area contributed by atoms with E-state index in [1.165, 1.54) is 41.6 Å². The van der Waals surface area contributed by atoms with Crippen molar-refractivity contribution in [3.63, 3.8) is 0 Å². The van der Waals surface area contributed by atoms with Crippen LogP contribution < -0.4 is 10.3 Å². The van der Waals surface area contributed by atoms with Crippen molar-refractivity contribution < 1.29 is 27.0 Å². The second kappa shape index (κ2) is 12.5. The highest BCUT2D eigenvalue weighted by Gasteiger charge is 2.34. The van der Waals surface area contributed by atoms with Crippen LogP contribution in [0.3, 0.4) is 0 Å². The molecule has 0 aliphatic heterocycles. The van der Waals surface area contributed by atoms with Gasteiger partial charge >= 0.3 is 5.66 Å². The third kappa shape index (κ3) is 7.65. The molecule has 1 heterocycles. The van der Waals surface area contributed by atoms with E-state index in [0.717, 1.165) is 23.9 Å². The normalized spacial score (nSPS) is 13.6. The van der Waals surface area contributed by atoms with Gasteiger partial charge in [-0.2, -0.15) is 14.0 Å². The molecule has 1 aromatic carbocycles. The lowest BCUT2D eigenvalue weighted by atomic mass is 9.99. The molecule has 0 saturated heterocycles. The van der Waals surface area contributed by atoms with Gasteiger partial charge in [0.1, 0.15) is 5.75 Å². The summed E-state index contributed by atoms with van der Waals surface area (Å²) in [6.07, 6.45) is 2.33. The van der Waals surface area contributed by atoms with Gasteiger partial charge in [0.05, 0.1) is 31.6 Å². The average Bonchev–Trinajstić information content (AvgIpc) is 2.82. The fourth-order valence-corrected chi connectivity index (χ4v) is 3.86. The molecule has 204 valence electrons. The van der Waals surface area contributed by atoms with E-state index in [1.54, 1.807) is 13.8 Å². The summed E-state index contributed by atoms with van der Waals surface area (Å²) in [5.41, 5.74) is -5.49. The van der Waals surface area contributed by atoms with E-state index in [0.29, 0.717) is 12.0 Å². The minimum absolute atomic E-state index is 0.0565. The van der Waals surface area contributed by atoms with Crippen molar-refractivity contribution in [2.75, 3.05) is 14.2 Å². The zero-order chi connectivity index (χ0) is 28.8. The van der Waals surface area contributed by atoms with Crippen LogP contribution in [0.4, 0.5) is 17.6 Å². The summed E-state index contributed by atoms with van der Waals surface area (Å²) in [7, 11) is 3.91. The molecule has 2 aromatic rings. The molecule has 1 atom stereocenters. The number of methoxy groups -OCH3 is 1. The Bertz CT molecular complexity index is 1390. The number of allylic oxidation sites excluding steroid dienone is 3. The summed E-state index contributed by atoms with van der Waals surface area (Å²) in [5.74, 6) is -4.28. The standard InChI is InChI=1S/C25H26ClF4N4O3P/c1-6-14(2)19(24(3,27)28)9-16(22(32-4)36-5)12-34-13-33-21(25(29,30)38)20(23(34)35)37-18-8-15(11-31)7-17(26)10-18/h7-10,13H,6,12,38H2,1-5H3/b16-9-,19-14-,32-22?. The first-order chi connectivity index (χ1) is 17.7. The minimum atomic E-state index is -3.66. The van der Waals surface area contributed by atoms with Gasteiger partial charge in [0.15, 0.2) is 5.69 Å². The number of benzene rings is 1. The lowest BCUT2D eigenvalue weighted by Crippen LogP contribution is -2.28. The van der Waals surface area contributed by atoms with E-state index in [4.69, 9.17) is 26.3 Å². The van der Waals surface area contributed by atoms with E-state index in [1.807, 2.05) is 6.07 Å². The number of nitrogens with zero attached hydrogens (tertiary/aromatic N) is 4. The molecule has 0 aliphatic carbocycles. The molecule has 0 aliphatic rings. The van der Waals surface area contributed by atoms with Crippen LogP contribution in [0.25, 0.3) is 0 Å². The Labute approximate surface area is 224 Å². The SMILES string of the molecule is CC/C(C)=C(/C=C(/Cn1cnc(C(F)(F)P)c(Oc2cc(Cl)cc(C#N)c2)c1=O)C(=NC)OC)C(C)(F)F. The number of rotatable bonds is 9. The highest BCUT2D eigenvalue weighted by Crippen LogP contribution is 2.39. The molecule has 0 bridgehead atoms. The Balaban J connectivity index is 2.76. The smallest absolute Gasteiger partial charge is 0.304 e. The number of nitriles is 1. The molecular weight excluding hydrogens is 547 g/mol. The molecule has 2 rings (SSSR count). The van der Waals surface area contributed by atoms with Gasteiger partial charge < -0.3 is 9.47 Å². The van der Waals surface area contributed by atoms with Crippen molar-refractivity contribution in [1.29, 1.82) is 5.26 Å². The predicted molar refractivity (Wildman–Crippen MR) is 140 cm³/mol. The highest BCUT2D eigenvalue weighted by molar-refractivity contribution is 7.17. The topological polar surface area (TPSA) is 89.5 Å². The quantitative estimate of drug-likeness (QED) is 0.113. The lowest BCUT2D eigenvalue weighted by Gasteiger charge is -2.19. The first kappa shape index (κ1) is 31.0. The van der Waals surface area contributed by atoms with Gasteiger partial charge in [-0.3, -0.25) is 14.4 Å².